The van der Waals surface area contributed by atoms with Gasteiger partial charge in [-0.15, -0.1) is 0 Å². The van der Waals surface area contributed by atoms with Crippen LogP contribution >= 0.6 is 15.9 Å². The highest BCUT2D eigenvalue weighted by Gasteiger charge is 2.17. The number of amides is 1. The summed E-state index contributed by atoms with van der Waals surface area (Å²) in [5.74, 6) is 0.423. The maximum atomic E-state index is 12.6. The van der Waals surface area contributed by atoms with Crippen molar-refractivity contribution in [2.45, 2.75) is 27.2 Å². The van der Waals surface area contributed by atoms with E-state index in [1.54, 1.807) is 4.90 Å². The van der Waals surface area contributed by atoms with Gasteiger partial charge in [-0.2, -0.15) is 0 Å². The molecule has 1 aromatic rings. The van der Waals surface area contributed by atoms with Gasteiger partial charge in [-0.05, 0) is 30.5 Å². The number of halogens is 1. The fourth-order valence-corrected chi connectivity index (χ4v) is 2.30. The van der Waals surface area contributed by atoms with Crippen LogP contribution < -0.4 is 5.73 Å². The van der Waals surface area contributed by atoms with E-state index < -0.39 is 0 Å². The summed E-state index contributed by atoms with van der Waals surface area (Å²) in [5, 5.41) is 11.6. The molecule has 0 aliphatic heterocycles. The first kappa shape index (κ1) is 17.5. The van der Waals surface area contributed by atoms with Crippen molar-refractivity contribution in [2.24, 2.45) is 16.8 Å². The Bertz CT molecular complexity index is 530. The second-order valence-corrected chi connectivity index (χ2v) is 6.30. The van der Waals surface area contributed by atoms with Gasteiger partial charge in [0, 0.05) is 29.5 Å². The van der Waals surface area contributed by atoms with Crippen molar-refractivity contribution in [1.29, 1.82) is 0 Å². The van der Waals surface area contributed by atoms with E-state index in [-0.39, 0.29) is 11.7 Å². The SMILES string of the molecule is Cc1ccc(C(=O)N(CC/C(N)=N/O)CC(C)C)cc1Br. The first-order chi connectivity index (χ1) is 9.85. The molecule has 3 N–H and O–H groups in total. The molecule has 0 unspecified atom stereocenters. The van der Waals surface area contributed by atoms with Gasteiger partial charge in [0.2, 0.25) is 0 Å². The lowest BCUT2D eigenvalue weighted by Gasteiger charge is -2.24. The van der Waals surface area contributed by atoms with Crippen molar-refractivity contribution in [3.63, 3.8) is 0 Å². The van der Waals surface area contributed by atoms with Crippen LogP contribution in [-0.4, -0.2) is 34.9 Å². The van der Waals surface area contributed by atoms with Crippen LogP contribution in [-0.2, 0) is 0 Å². The predicted molar refractivity (Wildman–Crippen MR) is 87.6 cm³/mol. The molecule has 0 radical (unpaired) electrons. The lowest BCUT2D eigenvalue weighted by Crippen LogP contribution is -2.36. The van der Waals surface area contributed by atoms with E-state index in [4.69, 9.17) is 10.9 Å². The Hall–Kier alpha value is -1.56. The molecule has 0 atom stereocenters. The predicted octanol–water partition coefficient (Wildman–Crippen LogP) is 2.99. The minimum Gasteiger partial charge on any atom is -0.409 e. The molecule has 1 amide bonds. The molecule has 0 aliphatic rings. The highest BCUT2D eigenvalue weighted by molar-refractivity contribution is 9.10. The summed E-state index contributed by atoms with van der Waals surface area (Å²) >= 11 is 3.44. The van der Waals surface area contributed by atoms with Crippen LogP contribution in [0.15, 0.2) is 27.8 Å². The van der Waals surface area contributed by atoms with Gasteiger partial charge < -0.3 is 15.8 Å². The number of aryl methyl sites for hydroxylation is 1. The van der Waals surface area contributed by atoms with Crippen LogP contribution in [0.4, 0.5) is 0 Å². The third kappa shape index (κ3) is 5.38. The zero-order chi connectivity index (χ0) is 16.0. The molecule has 0 aromatic heterocycles. The number of hydrogen-bond donors (Lipinski definition) is 2. The van der Waals surface area contributed by atoms with Crippen molar-refractivity contribution in [3.05, 3.63) is 33.8 Å². The van der Waals surface area contributed by atoms with Crippen LogP contribution in [0, 0.1) is 12.8 Å². The highest BCUT2D eigenvalue weighted by atomic mass is 79.9. The van der Waals surface area contributed by atoms with E-state index in [0.717, 1.165) is 10.0 Å². The van der Waals surface area contributed by atoms with E-state index in [0.29, 0.717) is 31.0 Å². The summed E-state index contributed by atoms with van der Waals surface area (Å²) in [6.07, 6.45) is 0.349. The van der Waals surface area contributed by atoms with Crippen molar-refractivity contribution in [1.82, 2.24) is 4.90 Å². The summed E-state index contributed by atoms with van der Waals surface area (Å²) in [6.45, 7) is 7.13. The Morgan fingerprint density at radius 3 is 2.67 bits per heavy atom. The maximum absolute atomic E-state index is 12.6. The zero-order valence-corrected chi connectivity index (χ0v) is 14.2. The molecular weight excluding hydrogens is 334 g/mol. The van der Waals surface area contributed by atoms with E-state index in [2.05, 4.69) is 34.9 Å². The van der Waals surface area contributed by atoms with Gasteiger partial charge in [0.15, 0.2) is 0 Å². The summed E-state index contributed by atoms with van der Waals surface area (Å²) in [6, 6.07) is 5.56. The molecule has 21 heavy (non-hydrogen) atoms. The molecule has 116 valence electrons. The molecule has 0 bridgehead atoms. The highest BCUT2D eigenvalue weighted by Crippen LogP contribution is 2.19. The van der Waals surface area contributed by atoms with Gasteiger partial charge in [-0.3, -0.25) is 4.79 Å². The van der Waals surface area contributed by atoms with E-state index in [9.17, 15) is 4.79 Å². The van der Waals surface area contributed by atoms with Gasteiger partial charge >= 0.3 is 0 Å². The van der Waals surface area contributed by atoms with Crippen molar-refractivity contribution < 1.29 is 10.0 Å². The average Bonchev–Trinajstić information content (AvgIpc) is 2.44. The first-order valence-corrected chi connectivity index (χ1v) is 7.66. The summed E-state index contributed by atoms with van der Waals surface area (Å²) in [7, 11) is 0. The van der Waals surface area contributed by atoms with Gasteiger partial charge in [0.1, 0.15) is 5.84 Å². The van der Waals surface area contributed by atoms with E-state index in [1.807, 2.05) is 25.1 Å². The van der Waals surface area contributed by atoms with E-state index in [1.165, 1.54) is 0 Å². The Balaban J connectivity index is 2.90. The standard InChI is InChI=1S/C15H22BrN3O2/c1-10(2)9-19(7-6-14(17)18-21)15(20)12-5-4-11(3)13(16)8-12/h4-5,8,10,21H,6-7,9H2,1-3H3,(H2,17,18). The van der Waals surface area contributed by atoms with Crippen LogP contribution in [0.3, 0.4) is 0 Å². The molecule has 0 spiro atoms. The van der Waals surface area contributed by atoms with E-state index >= 15 is 0 Å². The minimum absolute atomic E-state index is 0.0462. The number of nitrogens with two attached hydrogens (primary N) is 1. The number of hydrogen-bond acceptors (Lipinski definition) is 3. The number of carbonyl (C=O) groups is 1. The van der Waals surface area contributed by atoms with Crippen molar-refractivity contribution >= 4 is 27.7 Å². The zero-order valence-electron chi connectivity index (χ0n) is 12.6. The minimum atomic E-state index is -0.0462. The largest absolute Gasteiger partial charge is 0.409 e. The van der Waals surface area contributed by atoms with Crippen LogP contribution in [0.5, 0.6) is 0 Å². The Kier molecular flexibility index (Phi) is 6.68. The number of amidine groups is 1. The van der Waals surface area contributed by atoms with Crippen LogP contribution in [0.25, 0.3) is 0 Å². The maximum Gasteiger partial charge on any atom is 0.253 e. The monoisotopic (exact) mass is 355 g/mol. The number of nitrogens with zero attached hydrogens (tertiary/aromatic N) is 2. The second-order valence-electron chi connectivity index (χ2n) is 5.45. The smallest absolute Gasteiger partial charge is 0.253 e. The van der Waals surface area contributed by atoms with Crippen LogP contribution in [0.1, 0.15) is 36.2 Å². The molecule has 0 saturated heterocycles. The third-order valence-electron chi connectivity index (χ3n) is 3.06. The number of carbonyl (C=O) groups excluding carboxylic acids is 1. The quantitative estimate of drug-likeness (QED) is 0.356. The topological polar surface area (TPSA) is 78.9 Å². The molecule has 0 heterocycles. The molecule has 5 nitrogen and oxygen atoms in total. The molecular formula is C15H22BrN3O2. The fourth-order valence-electron chi connectivity index (χ4n) is 1.92. The Labute approximate surface area is 133 Å². The number of benzene rings is 1. The summed E-state index contributed by atoms with van der Waals surface area (Å²) in [4.78, 5) is 14.3. The summed E-state index contributed by atoms with van der Waals surface area (Å²) < 4.78 is 0.911. The lowest BCUT2D eigenvalue weighted by atomic mass is 10.1. The number of oxime groups is 1. The number of rotatable bonds is 6. The third-order valence-corrected chi connectivity index (χ3v) is 3.91. The average molecular weight is 356 g/mol. The van der Waals surface area contributed by atoms with Gasteiger partial charge in [-0.1, -0.05) is 41.0 Å². The Morgan fingerprint density at radius 1 is 1.48 bits per heavy atom. The molecule has 1 rings (SSSR count). The van der Waals surface area contributed by atoms with Crippen molar-refractivity contribution in [2.75, 3.05) is 13.1 Å². The molecule has 0 saturated carbocycles. The lowest BCUT2D eigenvalue weighted by molar-refractivity contribution is 0.0740. The Morgan fingerprint density at radius 2 is 2.14 bits per heavy atom. The second kappa shape index (κ2) is 8.02. The molecule has 0 aliphatic carbocycles. The normalized spacial score (nSPS) is 11.8. The van der Waals surface area contributed by atoms with Gasteiger partial charge in [0.25, 0.3) is 5.91 Å². The van der Waals surface area contributed by atoms with Gasteiger partial charge in [-0.25, -0.2) is 0 Å². The van der Waals surface area contributed by atoms with Gasteiger partial charge in [0.05, 0.1) is 0 Å². The summed E-state index contributed by atoms with van der Waals surface area (Å²) in [5.41, 5.74) is 7.20. The van der Waals surface area contributed by atoms with Crippen LogP contribution in [0.2, 0.25) is 0 Å². The molecule has 6 heteroatoms. The molecule has 0 fully saturated rings. The van der Waals surface area contributed by atoms with Crippen molar-refractivity contribution in [3.8, 4) is 0 Å². The fraction of sp³-hybridized carbons (Fsp3) is 0.467. The first-order valence-electron chi connectivity index (χ1n) is 6.87. The molecule has 1 aromatic carbocycles.